The number of hydrogen-bond acceptors (Lipinski definition) is 5. The molecule has 1 atom stereocenters. The summed E-state index contributed by atoms with van der Waals surface area (Å²) in [6.45, 7) is 2.73. The van der Waals surface area contributed by atoms with E-state index in [1.807, 2.05) is 30.3 Å². The average molecular weight is 496 g/mol. The first-order valence-corrected chi connectivity index (χ1v) is 13.1. The summed E-state index contributed by atoms with van der Waals surface area (Å²) in [6, 6.07) is 16.4. The summed E-state index contributed by atoms with van der Waals surface area (Å²) in [6.07, 6.45) is 4.34. The van der Waals surface area contributed by atoms with Gasteiger partial charge in [0.1, 0.15) is 6.04 Å². The van der Waals surface area contributed by atoms with Crippen LogP contribution in [0.4, 0.5) is 5.69 Å². The summed E-state index contributed by atoms with van der Waals surface area (Å²) in [5.41, 5.74) is 1.83. The van der Waals surface area contributed by atoms with E-state index in [1.54, 1.807) is 25.1 Å². The monoisotopic (exact) mass is 495 g/mol. The summed E-state index contributed by atoms with van der Waals surface area (Å²) in [5, 5.41) is 5.51. The van der Waals surface area contributed by atoms with Crippen molar-refractivity contribution in [2.45, 2.75) is 43.5 Å². The van der Waals surface area contributed by atoms with E-state index in [-0.39, 0.29) is 17.1 Å². The maximum absolute atomic E-state index is 13.3. The van der Waals surface area contributed by atoms with Crippen molar-refractivity contribution >= 4 is 27.5 Å². The molecular weight excluding hydrogens is 466 g/mol. The number of nitrogens with one attached hydrogen (secondary N) is 2. The SMILES string of the molecule is Cc1ccc(NC(=O)[C@@H](Cc2ccccc2)NC(=O)c2ccco2)cc1S(=O)(=O)N1CCCCC1. The van der Waals surface area contributed by atoms with E-state index in [2.05, 4.69) is 10.6 Å². The standard InChI is InChI=1S/C26H29N3O5S/c1-19-12-13-21(18-24(19)35(32,33)29-14-6-3-7-15-29)27-25(30)22(17-20-9-4-2-5-10-20)28-26(31)23-11-8-16-34-23/h2,4-5,8-13,16,18,22H,3,6-7,14-15,17H2,1H3,(H,27,30)(H,28,31)/t22-/m1/s1. The number of aryl methyl sites for hydroxylation is 1. The van der Waals surface area contributed by atoms with E-state index in [4.69, 9.17) is 4.42 Å². The predicted octanol–water partition coefficient (Wildman–Crippen LogP) is 3.74. The van der Waals surface area contributed by atoms with Crippen LogP contribution in [-0.4, -0.2) is 43.7 Å². The minimum Gasteiger partial charge on any atom is -0.459 e. The topological polar surface area (TPSA) is 109 Å². The molecule has 1 aliphatic heterocycles. The minimum absolute atomic E-state index is 0.0982. The van der Waals surface area contributed by atoms with E-state index >= 15 is 0 Å². The van der Waals surface area contributed by atoms with Crippen LogP contribution < -0.4 is 10.6 Å². The lowest BCUT2D eigenvalue weighted by atomic mass is 10.0. The molecule has 0 saturated carbocycles. The fourth-order valence-electron chi connectivity index (χ4n) is 4.13. The number of anilines is 1. The third-order valence-corrected chi connectivity index (χ3v) is 8.08. The first-order valence-electron chi connectivity index (χ1n) is 11.6. The van der Waals surface area contributed by atoms with Gasteiger partial charge in [-0.3, -0.25) is 9.59 Å². The molecule has 1 fully saturated rings. The Labute approximate surface area is 205 Å². The number of hydrogen-bond donors (Lipinski definition) is 2. The lowest BCUT2D eigenvalue weighted by Crippen LogP contribution is -2.45. The second-order valence-corrected chi connectivity index (χ2v) is 10.5. The van der Waals surface area contributed by atoms with E-state index in [1.165, 1.54) is 22.7 Å². The van der Waals surface area contributed by atoms with Crippen molar-refractivity contribution in [3.05, 3.63) is 83.8 Å². The second kappa shape index (κ2) is 10.9. The van der Waals surface area contributed by atoms with Crippen molar-refractivity contribution in [3.8, 4) is 0 Å². The zero-order chi connectivity index (χ0) is 24.8. The van der Waals surface area contributed by atoms with Crippen molar-refractivity contribution in [2.24, 2.45) is 0 Å². The molecule has 2 aromatic carbocycles. The van der Waals surface area contributed by atoms with Gasteiger partial charge in [-0.05, 0) is 55.2 Å². The summed E-state index contributed by atoms with van der Waals surface area (Å²) >= 11 is 0. The highest BCUT2D eigenvalue weighted by atomic mass is 32.2. The molecule has 184 valence electrons. The van der Waals surface area contributed by atoms with Crippen molar-refractivity contribution in [1.82, 2.24) is 9.62 Å². The Bertz CT molecular complexity index is 1270. The van der Waals surface area contributed by atoms with E-state index in [0.717, 1.165) is 24.8 Å². The Morgan fingerprint density at radius 3 is 2.43 bits per heavy atom. The van der Waals surface area contributed by atoms with Crippen molar-refractivity contribution in [3.63, 3.8) is 0 Å². The number of benzene rings is 2. The number of amides is 2. The van der Waals surface area contributed by atoms with Gasteiger partial charge >= 0.3 is 0 Å². The van der Waals surface area contributed by atoms with Crippen molar-refractivity contribution in [2.75, 3.05) is 18.4 Å². The normalized spacial score (nSPS) is 15.3. The van der Waals surface area contributed by atoms with Crippen molar-refractivity contribution in [1.29, 1.82) is 0 Å². The van der Waals surface area contributed by atoms with Crippen LogP contribution in [-0.2, 0) is 21.2 Å². The number of nitrogens with zero attached hydrogens (tertiary/aromatic N) is 1. The molecule has 9 heteroatoms. The number of carbonyl (C=O) groups is 2. The zero-order valence-electron chi connectivity index (χ0n) is 19.6. The second-order valence-electron chi connectivity index (χ2n) is 8.63. The molecule has 8 nitrogen and oxygen atoms in total. The smallest absolute Gasteiger partial charge is 0.287 e. The van der Waals surface area contributed by atoms with Gasteiger partial charge in [-0.25, -0.2) is 8.42 Å². The Morgan fingerprint density at radius 2 is 1.74 bits per heavy atom. The van der Waals surface area contributed by atoms with Crippen molar-refractivity contribution < 1.29 is 22.4 Å². The Hall–Kier alpha value is -3.43. The third-order valence-electron chi connectivity index (χ3n) is 6.04. The summed E-state index contributed by atoms with van der Waals surface area (Å²) in [7, 11) is -3.67. The van der Waals surface area contributed by atoms with Crippen LogP contribution in [0, 0.1) is 6.92 Å². The van der Waals surface area contributed by atoms with E-state index in [9.17, 15) is 18.0 Å². The van der Waals surface area contributed by atoms with Gasteiger partial charge in [0.05, 0.1) is 11.2 Å². The largest absolute Gasteiger partial charge is 0.459 e. The molecule has 0 unspecified atom stereocenters. The van der Waals surface area contributed by atoms with Gasteiger partial charge in [-0.15, -0.1) is 0 Å². The maximum Gasteiger partial charge on any atom is 0.287 e. The molecule has 2 N–H and O–H groups in total. The molecule has 0 radical (unpaired) electrons. The highest BCUT2D eigenvalue weighted by Gasteiger charge is 2.28. The van der Waals surface area contributed by atoms with Crippen LogP contribution in [0.3, 0.4) is 0 Å². The molecule has 2 amide bonds. The minimum atomic E-state index is -3.67. The van der Waals surface area contributed by atoms with E-state index in [0.29, 0.717) is 24.3 Å². The highest BCUT2D eigenvalue weighted by molar-refractivity contribution is 7.89. The van der Waals surface area contributed by atoms with Crippen LogP contribution in [0.2, 0.25) is 0 Å². The predicted molar refractivity (Wildman–Crippen MR) is 133 cm³/mol. The fourth-order valence-corrected chi connectivity index (χ4v) is 5.89. The zero-order valence-corrected chi connectivity index (χ0v) is 20.4. The Balaban J connectivity index is 1.56. The van der Waals surface area contributed by atoms with Gasteiger partial charge in [0, 0.05) is 25.2 Å². The molecule has 1 saturated heterocycles. The van der Waals surface area contributed by atoms with Gasteiger partial charge in [0.2, 0.25) is 15.9 Å². The molecule has 1 aliphatic rings. The third kappa shape index (κ3) is 5.98. The molecule has 0 spiro atoms. The van der Waals surface area contributed by atoms with E-state index < -0.39 is 27.9 Å². The average Bonchev–Trinajstić information content (AvgIpc) is 3.41. The Kier molecular flexibility index (Phi) is 7.67. The highest BCUT2D eigenvalue weighted by Crippen LogP contribution is 2.26. The quantitative estimate of drug-likeness (QED) is 0.495. The molecule has 0 bridgehead atoms. The molecule has 3 aromatic rings. The number of piperidine rings is 1. The molecule has 35 heavy (non-hydrogen) atoms. The fraction of sp³-hybridized carbons (Fsp3) is 0.308. The summed E-state index contributed by atoms with van der Waals surface area (Å²) < 4.78 is 33.1. The van der Waals surface area contributed by atoms with Gasteiger partial charge in [-0.2, -0.15) is 4.31 Å². The first kappa shape index (κ1) is 24.7. The summed E-state index contributed by atoms with van der Waals surface area (Å²) in [5.74, 6) is -0.872. The number of rotatable bonds is 8. The van der Waals surface area contributed by atoms with Gasteiger partial charge in [0.25, 0.3) is 5.91 Å². The van der Waals surface area contributed by atoms with Crippen LogP contribution in [0.15, 0.2) is 76.2 Å². The van der Waals surface area contributed by atoms with Crippen LogP contribution in [0.1, 0.15) is 40.9 Å². The summed E-state index contributed by atoms with van der Waals surface area (Å²) in [4.78, 5) is 26.0. The molecule has 1 aromatic heterocycles. The molecule has 4 rings (SSSR count). The Morgan fingerprint density at radius 1 is 1.00 bits per heavy atom. The maximum atomic E-state index is 13.3. The molecule has 2 heterocycles. The number of sulfonamides is 1. The first-order chi connectivity index (χ1) is 16.8. The number of carbonyl (C=O) groups excluding carboxylic acids is 2. The van der Waals surface area contributed by atoms with Crippen LogP contribution in [0.5, 0.6) is 0 Å². The molecular formula is C26H29N3O5S. The van der Waals surface area contributed by atoms with Crippen LogP contribution >= 0.6 is 0 Å². The van der Waals surface area contributed by atoms with Gasteiger partial charge in [0.15, 0.2) is 5.76 Å². The lowest BCUT2D eigenvalue weighted by Gasteiger charge is -2.27. The van der Waals surface area contributed by atoms with Gasteiger partial charge < -0.3 is 15.1 Å². The van der Waals surface area contributed by atoms with Crippen LogP contribution in [0.25, 0.3) is 0 Å². The van der Waals surface area contributed by atoms with Gasteiger partial charge in [-0.1, -0.05) is 42.8 Å². The lowest BCUT2D eigenvalue weighted by molar-refractivity contribution is -0.118. The number of furan rings is 1. The molecule has 0 aliphatic carbocycles.